The molecule has 0 unspecified atom stereocenters. The van der Waals surface area contributed by atoms with E-state index >= 15 is 0 Å². The van der Waals surface area contributed by atoms with Gasteiger partial charge in [-0.2, -0.15) is 0 Å². The summed E-state index contributed by atoms with van der Waals surface area (Å²) in [5.41, 5.74) is 11.2. The first kappa shape index (κ1) is 14.8. The number of aryl methyl sites for hydroxylation is 1. The van der Waals surface area contributed by atoms with Crippen LogP contribution >= 0.6 is 0 Å². The maximum absolute atomic E-state index is 5.98. The molecular weight excluding hydrogens is 286 g/mol. The van der Waals surface area contributed by atoms with Crippen LogP contribution in [0.3, 0.4) is 0 Å². The number of benzene rings is 1. The van der Waals surface area contributed by atoms with Crippen LogP contribution in [0.1, 0.15) is 42.5 Å². The van der Waals surface area contributed by atoms with Crippen LogP contribution < -0.4 is 5.73 Å². The second-order valence-corrected chi connectivity index (χ2v) is 6.89. The predicted molar refractivity (Wildman–Crippen MR) is 90.5 cm³/mol. The Morgan fingerprint density at radius 2 is 1.96 bits per heavy atom. The van der Waals surface area contributed by atoms with Gasteiger partial charge >= 0.3 is 0 Å². The molecule has 1 aromatic carbocycles. The van der Waals surface area contributed by atoms with E-state index in [-0.39, 0.29) is 0 Å². The minimum Gasteiger partial charge on any atom is -0.328 e. The van der Waals surface area contributed by atoms with Crippen molar-refractivity contribution in [2.24, 2.45) is 5.73 Å². The Balaban J connectivity index is 1.52. The monoisotopic (exact) mass is 311 g/mol. The molecule has 4 rings (SSSR count). The molecule has 122 valence electrons. The third kappa shape index (κ3) is 3.16. The highest BCUT2D eigenvalue weighted by Gasteiger charge is 2.18. The molecule has 0 bridgehead atoms. The molecule has 5 heteroatoms. The van der Waals surface area contributed by atoms with E-state index in [0.29, 0.717) is 6.04 Å². The summed E-state index contributed by atoms with van der Waals surface area (Å²) in [5, 5.41) is 8.78. The first-order valence-electron chi connectivity index (χ1n) is 8.80. The zero-order valence-electron chi connectivity index (χ0n) is 13.6. The van der Waals surface area contributed by atoms with E-state index in [2.05, 4.69) is 39.6 Å². The van der Waals surface area contributed by atoms with Crippen LogP contribution in [0, 0.1) is 0 Å². The van der Waals surface area contributed by atoms with Gasteiger partial charge in [0.2, 0.25) is 0 Å². The summed E-state index contributed by atoms with van der Waals surface area (Å²) in [6.45, 7) is 3.01. The van der Waals surface area contributed by atoms with E-state index in [0.717, 1.165) is 44.6 Å². The van der Waals surface area contributed by atoms with Gasteiger partial charge in [-0.25, -0.2) is 4.68 Å². The highest BCUT2D eigenvalue weighted by atomic mass is 15.4. The van der Waals surface area contributed by atoms with E-state index in [1.54, 1.807) is 0 Å². The molecule has 1 aromatic heterocycles. The molecule has 2 N–H and O–H groups in total. The van der Waals surface area contributed by atoms with Gasteiger partial charge in [-0.15, -0.1) is 5.10 Å². The van der Waals surface area contributed by atoms with Gasteiger partial charge < -0.3 is 5.73 Å². The third-order valence-corrected chi connectivity index (χ3v) is 5.18. The molecule has 0 radical (unpaired) electrons. The lowest BCUT2D eigenvalue weighted by atomic mass is 9.90. The topological polar surface area (TPSA) is 60.0 Å². The summed E-state index contributed by atoms with van der Waals surface area (Å²) >= 11 is 0. The highest BCUT2D eigenvalue weighted by molar-refractivity contribution is 5.46. The SMILES string of the molecule is NC1CCN(Cc2cn(-c3cccc4c3CCCC4)nn2)CC1. The van der Waals surface area contributed by atoms with E-state index in [4.69, 9.17) is 5.73 Å². The number of nitrogens with zero attached hydrogens (tertiary/aromatic N) is 4. The molecule has 23 heavy (non-hydrogen) atoms. The molecule has 2 aromatic rings. The lowest BCUT2D eigenvalue weighted by molar-refractivity contribution is 0.203. The summed E-state index contributed by atoms with van der Waals surface area (Å²) in [7, 11) is 0. The van der Waals surface area contributed by atoms with Crippen molar-refractivity contribution in [2.75, 3.05) is 13.1 Å². The maximum Gasteiger partial charge on any atom is 0.0971 e. The Morgan fingerprint density at radius 3 is 2.83 bits per heavy atom. The fourth-order valence-electron chi connectivity index (χ4n) is 3.80. The van der Waals surface area contributed by atoms with Crippen molar-refractivity contribution < 1.29 is 0 Å². The number of hydrogen-bond acceptors (Lipinski definition) is 4. The highest BCUT2D eigenvalue weighted by Crippen LogP contribution is 2.26. The molecule has 0 saturated carbocycles. The average molecular weight is 311 g/mol. The molecule has 5 nitrogen and oxygen atoms in total. The number of nitrogens with two attached hydrogens (primary N) is 1. The Morgan fingerprint density at radius 1 is 1.13 bits per heavy atom. The summed E-state index contributed by atoms with van der Waals surface area (Å²) in [5.74, 6) is 0. The molecule has 1 aliphatic carbocycles. The predicted octanol–water partition coefficient (Wildman–Crippen LogP) is 2.07. The van der Waals surface area contributed by atoms with Crippen LogP contribution in [-0.4, -0.2) is 39.0 Å². The number of likely N-dealkylation sites (tertiary alicyclic amines) is 1. The molecule has 0 spiro atoms. The van der Waals surface area contributed by atoms with Crippen molar-refractivity contribution in [1.29, 1.82) is 0 Å². The molecule has 0 amide bonds. The smallest absolute Gasteiger partial charge is 0.0971 e. The fraction of sp³-hybridized carbons (Fsp3) is 0.556. The summed E-state index contributed by atoms with van der Waals surface area (Å²) in [6, 6.07) is 6.94. The molecule has 2 heterocycles. The molecular formula is C18H25N5. The van der Waals surface area contributed by atoms with Gasteiger partial charge in [-0.3, -0.25) is 4.90 Å². The fourth-order valence-corrected chi connectivity index (χ4v) is 3.80. The lowest BCUT2D eigenvalue weighted by Gasteiger charge is -2.29. The van der Waals surface area contributed by atoms with Crippen molar-refractivity contribution in [2.45, 2.75) is 51.1 Å². The van der Waals surface area contributed by atoms with Crippen LogP contribution in [0.5, 0.6) is 0 Å². The standard InChI is InChI=1S/C18H25N5/c19-15-8-10-22(11-9-15)12-16-13-23(21-20-16)18-7-3-5-14-4-1-2-6-17(14)18/h3,5,7,13,15H,1-2,4,6,8-12,19H2. The van der Waals surface area contributed by atoms with Gasteiger partial charge in [0.05, 0.1) is 17.6 Å². The van der Waals surface area contributed by atoms with Gasteiger partial charge in [0, 0.05) is 25.7 Å². The number of fused-ring (bicyclic) bond motifs is 1. The van der Waals surface area contributed by atoms with Crippen molar-refractivity contribution >= 4 is 0 Å². The van der Waals surface area contributed by atoms with Crippen molar-refractivity contribution in [1.82, 2.24) is 19.9 Å². The summed E-state index contributed by atoms with van der Waals surface area (Å²) in [4.78, 5) is 2.43. The van der Waals surface area contributed by atoms with Gasteiger partial charge in [-0.1, -0.05) is 17.3 Å². The summed E-state index contributed by atoms with van der Waals surface area (Å²) < 4.78 is 1.97. The molecule has 1 aliphatic heterocycles. The average Bonchev–Trinajstić information content (AvgIpc) is 3.05. The van der Waals surface area contributed by atoms with Crippen molar-refractivity contribution in [3.05, 3.63) is 41.2 Å². The normalized spacial score (nSPS) is 19.7. The van der Waals surface area contributed by atoms with Gasteiger partial charge in [0.1, 0.15) is 0 Å². The van der Waals surface area contributed by atoms with Gasteiger partial charge in [0.15, 0.2) is 0 Å². The first-order chi connectivity index (χ1) is 11.3. The van der Waals surface area contributed by atoms with Crippen LogP contribution in [0.4, 0.5) is 0 Å². The number of piperidine rings is 1. The first-order valence-corrected chi connectivity index (χ1v) is 8.80. The molecule has 1 saturated heterocycles. The molecule has 1 fully saturated rings. The second-order valence-electron chi connectivity index (χ2n) is 6.89. The van der Waals surface area contributed by atoms with E-state index in [1.807, 2.05) is 4.68 Å². The second kappa shape index (κ2) is 6.42. The van der Waals surface area contributed by atoms with Crippen LogP contribution in [0.15, 0.2) is 24.4 Å². The minimum absolute atomic E-state index is 0.373. The van der Waals surface area contributed by atoms with Crippen molar-refractivity contribution in [3.8, 4) is 5.69 Å². The van der Waals surface area contributed by atoms with E-state index in [9.17, 15) is 0 Å². The Kier molecular flexibility index (Phi) is 4.14. The van der Waals surface area contributed by atoms with Crippen LogP contribution in [0.2, 0.25) is 0 Å². The summed E-state index contributed by atoms with van der Waals surface area (Å²) in [6.07, 6.45) is 9.19. The van der Waals surface area contributed by atoms with Gasteiger partial charge in [-0.05, 0) is 55.7 Å². The van der Waals surface area contributed by atoms with Crippen LogP contribution in [-0.2, 0) is 19.4 Å². The zero-order valence-corrected chi connectivity index (χ0v) is 13.6. The van der Waals surface area contributed by atoms with Crippen LogP contribution in [0.25, 0.3) is 5.69 Å². The number of hydrogen-bond donors (Lipinski definition) is 1. The molecule has 0 atom stereocenters. The Bertz CT molecular complexity index is 670. The molecule has 2 aliphatic rings. The Labute approximate surface area is 137 Å². The van der Waals surface area contributed by atoms with Crippen molar-refractivity contribution in [3.63, 3.8) is 0 Å². The minimum atomic E-state index is 0.373. The quantitative estimate of drug-likeness (QED) is 0.943. The van der Waals surface area contributed by atoms with Gasteiger partial charge in [0.25, 0.3) is 0 Å². The maximum atomic E-state index is 5.98. The van der Waals surface area contributed by atoms with E-state index in [1.165, 1.54) is 36.1 Å². The largest absolute Gasteiger partial charge is 0.328 e. The number of aromatic nitrogens is 3. The Hall–Kier alpha value is -1.72. The number of rotatable bonds is 3. The van der Waals surface area contributed by atoms with E-state index < -0.39 is 0 Å². The zero-order chi connectivity index (χ0) is 15.6. The lowest BCUT2D eigenvalue weighted by Crippen LogP contribution is -2.39. The third-order valence-electron chi connectivity index (χ3n) is 5.18.